The Morgan fingerprint density at radius 3 is 2.51 bits per heavy atom. The molecule has 0 radical (unpaired) electrons. The predicted octanol–water partition coefficient (Wildman–Crippen LogP) is 1.92. The van der Waals surface area contributed by atoms with Crippen molar-refractivity contribution in [3.8, 4) is 11.5 Å². The van der Waals surface area contributed by atoms with Gasteiger partial charge in [0, 0.05) is 43.1 Å². The molecule has 6 heterocycles. The number of aromatic amines is 1. The number of carbonyl (C=O) groups is 4. The fourth-order valence-corrected chi connectivity index (χ4v) is 10.2. The van der Waals surface area contributed by atoms with Crippen LogP contribution in [0.15, 0.2) is 22.9 Å². The van der Waals surface area contributed by atoms with E-state index >= 15 is 0 Å². The summed E-state index contributed by atoms with van der Waals surface area (Å²) in [5.41, 5.74) is 4.91. The Morgan fingerprint density at radius 1 is 1.18 bits per heavy atom. The number of aromatic nitrogens is 5. The monoisotopic (exact) mass is 836 g/mol. The second-order valence-corrected chi connectivity index (χ2v) is 17.5. The van der Waals surface area contributed by atoms with E-state index in [4.69, 9.17) is 33.8 Å². The molecule has 0 saturated carbocycles. The second-order valence-electron chi connectivity index (χ2n) is 14.4. The molecule has 292 valence electrons. The van der Waals surface area contributed by atoms with Crippen molar-refractivity contribution in [1.82, 2.24) is 41.1 Å². The predicted molar refractivity (Wildman–Crippen MR) is 200 cm³/mol. The summed E-state index contributed by atoms with van der Waals surface area (Å²) in [4.78, 5) is 63.3. The van der Waals surface area contributed by atoms with Crippen LogP contribution in [0.5, 0.6) is 11.5 Å². The first-order chi connectivity index (χ1) is 26.0. The minimum absolute atomic E-state index is 0.0164. The maximum atomic E-state index is 13.9. The quantitative estimate of drug-likeness (QED) is 0.0478. The standard InChI is InChI=1S/C32H35Cl2N11O8S2/c1-32(2,30(51)52)53-41-20(19-24(34)55-31(35)38-19)27(49)37-21-28(50)44-22(25-39-42-43-40-25)12(11-54-29(21)44)10-45(3)14-4-5-15(45)9-13(8-14)36-26(48)16-6-7-17(46)23(47)18(16)33/h6-7,13-15,21,29H,4-5,8-11H2,1-3H3,(H7-,35,36,37,38,39,40,41,42,43,46,47,48,49,51,52)/p+1/t13?,14-,15+,21-,29-,45?/m1/s1. The first-order valence-corrected chi connectivity index (χ1v) is 19.6. The van der Waals surface area contributed by atoms with Crippen molar-refractivity contribution >= 4 is 86.5 Å². The number of benzene rings is 1. The van der Waals surface area contributed by atoms with Gasteiger partial charge in [0.25, 0.3) is 17.7 Å². The summed E-state index contributed by atoms with van der Waals surface area (Å²) in [6.07, 6.45) is 3.22. The number of nitrogens with two attached hydrogens (primary N) is 1. The molecule has 4 aliphatic heterocycles. The van der Waals surface area contributed by atoms with E-state index < -0.39 is 57.9 Å². The number of tetrazole rings is 1. The van der Waals surface area contributed by atoms with E-state index in [2.05, 4.69) is 48.4 Å². The summed E-state index contributed by atoms with van der Waals surface area (Å²) >= 11 is 14.8. The Kier molecular flexibility index (Phi) is 10.1. The number of hydrogen-bond acceptors (Lipinski definition) is 15. The summed E-state index contributed by atoms with van der Waals surface area (Å²) in [5, 5.41) is 52.8. The minimum Gasteiger partial charge on any atom is -0.504 e. The van der Waals surface area contributed by atoms with Crippen molar-refractivity contribution in [3.05, 3.63) is 44.1 Å². The van der Waals surface area contributed by atoms with E-state index in [1.807, 2.05) is 0 Å². The number of carboxylic acids is 1. The number of H-pyrrole nitrogens is 1. The number of oxime groups is 1. The zero-order valence-electron chi connectivity index (χ0n) is 29.4. The number of hydrogen-bond donors (Lipinski definition) is 7. The summed E-state index contributed by atoms with van der Waals surface area (Å²) in [5.74, 6) is -3.35. The van der Waals surface area contributed by atoms with Crippen molar-refractivity contribution < 1.29 is 43.8 Å². The van der Waals surface area contributed by atoms with Gasteiger partial charge in [0.05, 0.1) is 35.4 Å². The number of piperidine rings is 1. The molecule has 4 aliphatic rings. The highest BCUT2D eigenvalue weighted by molar-refractivity contribution is 8.00. The van der Waals surface area contributed by atoms with E-state index in [0.717, 1.165) is 29.8 Å². The lowest BCUT2D eigenvalue weighted by Gasteiger charge is -2.52. The van der Waals surface area contributed by atoms with Crippen molar-refractivity contribution in [3.63, 3.8) is 0 Å². The van der Waals surface area contributed by atoms with Gasteiger partial charge in [-0.2, -0.15) is 5.21 Å². The molecular formula is C32H36Cl2N11O8S2+. The van der Waals surface area contributed by atoms with E-state index in [1.165, 1.54) is 37.7 Å². The molecule has 3 fully saturated rings. The lowest BCUT2D eigenvalue weighted by Crippen LogP contribution is -2.70. The minimum atomic E-state index is -1.81. The molecular weight excluding hydrogens is 801 g/mol. The molecule has 2 bridgehead atoms. The number of thioether (sulfide) groups is 1. The molecule has 2 unspecified atom stereocenters. The van der Waals surface area contributed by atoms with Gasteiger partial charge < -0.3 is 41.0 Å². The highest BCUT2D eigenvalue weighted by Gasteiger charge is 2.57. The van der Waals surface area contributed by atoms with Crippen LogP contribution in [0.4, 0.5) is 5.13 Å². The van der Waals surface area contributed by atoms with Gasteiger partial charge in [-0.3, -0.25) is 19.3 Å². The fourth-order valence-electron chi connectivity index (χ4n) is 7.67. The summed E-state index contributed by atoms with van der Waals surface area (Å²) in [7, 11) is 2.18. The number of nitrogens with one attached hydrogen (secondary N) is 3. The van der Waals surface area contributed by atoms with E-state index in [1.54, 1.807) is 4.90 Å². The van der Waals surface area contributed by atoms with Crippen LogP contribution in [0.2, 0.25) is 9.36 Å². The molecule has 1 aromatic carbocycles. The first-order valence-electron chi connectivity index (χ1n) is 17.0. The third-order valence-corrected chi connectivity index (χ3v) is 13.4. The van der Waals surface area contributed by atoms with Gasteiger partial charge in [-0.25, -0.2) is 9.78 Å². The average Bonchev–Trinajstić information content (AvgIpc) is 3.81. The van der Waals surface area contributed by atoms with Gasteiger partial charge in [0.2, 0.25) is 11.4 Å². The molecule has 55 heavy (non-hydrogen) atoms. The van der Waals surface area contributed by atoms with Crippen LogP contribution >= 0.6 is 46.3 Å². The van der Waals surface area contributed by atoms with Gasteiger partial charge in [0.15, 0.2) is 22.3 Å². The number of β-lactam (4-membered cyclic amide) rings is 1. The molecule has 3 amide bonds. The molecule has 19 nitrogen and oxygen atoms in total. The van der Waals surface area contributed by atoms with Crippen LogP contribution in [-0.4, -0.2) is 134 Å². The number of phenolic OH excluding ortho intramolecular Hbond substituents is 2. The molecule has 23 heteroatoms. The van der Waals surface area contributed by atoms with Crippen LogP contribution in [0.25, 0.3) is 5.70 Å². The zero-order chi connectivity index (χ0) is 39.6. The number of quaternary nitrogens is 1. The van der Waals surface area contributed by atoms with Crippen molar-refractivity contribution in [2.24, 2.45) is 5.16 Å². The Hall–Kier alpha value is -4.70. The number of carbonyl (C=O) groups excluding carboxylic acids is 3. The lowest BCUT2D eigenvalue weighted by molar-refractivity contribution is -0.944. The van der Waals surface area contributed by atoms with E-state index in [0.29, 0.717) is 35.3 Å². The van der Waals surface area contributed by atoms with Crippen LogP contribution in [0, 0.1) is 0 Å². The Labute approximate surface area is 330 Å². The number of likely N-dealkylation sites (N-methyl/N-ethyl adjacent to an activating group) is 1. The van der Waals surface area contributed by atoms with Crippen molar-refractivity contribution in [2.45, 2.75) is 74.7 Å². The number of amides is 3. The number of thiazole rings is 1. The SMILES string of the molecule is CC(C)(O/N=C(\C(=O)N[C@@H]1C(=O)N2C(c3nn[nH]n3)=C(C[N+]3(C)[C@@H]4CC[C@H]3CC(NC(=O)c3ccc(O)c(O)c3Cl)C4)CS[C@H]12)c1nc(N)sc1Cl)C(=O)O. The number of halogens is 2. The number of phenols is 2. The van der Waals surface area contributed by atoms with Crippen LogP contribution < -0.4 is 16.4 Å². The lowest BCUT2D eigenvalue weighted by atomic mass is 9.92. The maximum Gasteiger partial charge on any atom is 0.350 e. The number of nitrogen functional groups attached to an aromatic ring is 1. The fraction of sp³-hybridized carbons (Fsp3) is 0.469. The van der Waals surface area contributed by atoms with E-state index in [-0.39, 0.29) is 49.7 Å². The molecule has 3 saturated heterocycles. The van der Waals surface area contributed by atoms with Crippen molar-refractivity contribution in [1.29, 1.82) is 0 Å². The summed E-state index contributed by atoms with van der Waals surface area (Å²) in [6, 6.07) is 1.77. The number of rotatable bonds is 11. The van der Waals surface area contributed by atoms with Gasteiger partial charge in [-0.15, -0.1) is 22.0 Å². The van der Waals surface area contributed by atoms with Crippen molar-refractivity contribution in [2.75, 3.05) is 25.1 Å². The highest BCUT2D eigenvalue weighted by atomic mass is 35.5. The average molecular weight is 838 g/mol. The number of aliphatic carboxylic acids is 1. The number of fused-ring (bicyclic) bond motifs is 3. The van der Waals surface area contributed by atoms with Crippen LogP contribution in [0.3, 0.4) is 0 Å². The smallest absolute Gasteiger partial charge is 0.350 e. The molecule has 3 aromatic rings. The number of nitrogens with zero attached hydrogens (tertiary/aromatic N) is 7. The number of aromatic hydroxyl groups is 2. The Bertz CT molecular complexity index is 2130. The maximum absolute atomic E-state index is 13.9. The first kappa shape index (κ1) is 38.6. The second kappa shape index (κ2) is 14.4. The Balaban J connectivity index is 1.09. The summed E-state index contributed by atoms with van der Waals surface area (Å²) in [6.45, 7) is 3.06. The summed E-state index contributed by atoms with van der Waals surface area (Å²) < 4.78 is 0.684. The van der Waals surface area contributed by atoms with Gasteiger partial charge in [-0.1, -0.05) is 39.7 Å². The van der Waals surface area contributed by atoms with Gasteiger partial charge >= 0.3 is 5.97 Å². The van der Waals surface area contributed by atoms with Crippen LogP contribution in [0.1, 0.15) is 61.4 Å². The normalized spacial score (nSPS) is 26.3. The topological polar surface area (TPSA) is 271 Å². The largest absolute Gasteiger partial charge is 0.504 e. The number of anilines is 1. The highest BCUT2D eigenvalue weighted by Crippen LogP contribution is 2.47. The third-order valence-electron chi connectivity index (χ3n) is 10.6. The molecule has 2 aromatic heterocycles. The molecule has 0 aliphatic carbocycles. The Morgan fingerprint density at radius 2 is 1.89 bits per heavy atom. The molecule has 8 N–H and O–H groups in total. The van der Waals surface area contributed by atoms with Crippen LogP contribution in [-0.2, 0) is 19.2 Å². The molecule has 7 rings (SSSR count). The van der Waals surface area contributed by atoms with E-state index in [9.17, 15) is 34.5 Å². The zero-order valence-corrected chi connectivity index (χ0v) is 32.6. The molecule has 0 spiro atoms. The molecule has 6 atom stereocenters. The third kappa shape index (κ3) is 6.91. The number of carboxylic acid groups (broad SMARTS) is 1. The van der Waals surface area contributed by atoms with Gasteiger partial charge in [0.1, 0.15) is 28.0 Å². The van der Waals surface area contributed by atoms with Gasteiger partial charge in [-0.05, 0) is 31.2 Å².